The summed E-state index contributed by atoms with van der Waals surface area (Å²) >= 11 is 0. The molecule has 1 aliphatic heterocycles. The molecule has 10 heteroatoms. The quantitative estimate of drug-likeness (QED) is 0.271. The predicted octanol–water partition coefficient (Wildman–Crippen LogP) is 2.53. The van der Waals surface area contributed by atoms with Gasteiger partial charge in [0.15, 0.2) is 11.5 Å². The Balaban J connectivity index is 1.68. The average molecular weight is 430 g/mol. The van der Waals surface area contributed by atoms with Crippen LogP contribution in [-0.2, 0) is 9.53 Å². The molecule has 1 heterocycles. The molecule has 0 spiro atoms. The molecule has 0 saturated heterocycles. The minimum absolute atomic E-state index is 0.106. The summed E-state index contributed by atoms with van der Waals surface area (Å²) in [5.41, 5.74) is 2.62. The van der Waals surface area contributed by atoms with Crippen molar-refractivity contribution in [3.05, 3.63) is 60.2 Å². The summed E-state index contributed by atoms with van der Waals surface area (Å²) in [5, 5.41) is 20.1. The fourth-order valence-corrected chi connectivity index (χ4v) is 2.78. The third-order valence-electron chi connectivity index (χ3n) is 4.21. The molecular formula is C21H22N2O8. The molecule has 0 aliphatic carbocycles. The third kappa shape index (κ3) is 6.36. The molecule has 10 nitrogen and oxygen atoms in total. The van der Waals surface area contributed by atoms with Gasteiger partial charge in [0.2, 0.25) is 6.79 Å². The zero-order chi connectivity index (χ0) is 22.1. The molecule has 31 heavy (non-hydrogen) atoms. The van der Waals surface area contributed by atoms with Crippen LogP contribution in [0.15, 0.2) is 54.6 Å². The minimum atomic E-state index is -0.719. The summed E-state index contributed by atoms with van der Waals surface area (Å²) in [6.07, 6.45) is 1.36. The number of hydrogen-bond donors (Lipinski definition) is 4. The molecule has 0 saturated carbocycles. The van der Waals surface area contributed by atoms with E-state index in [1.165, 1.54) is 11.6 Å². The SMILES string of the molecule is O=C(/C=C/C[C@@H](OC(=O)Nc1ccc2c(c1)OCO2)c1ccc(OCCO)cc1)NO. The third-order valence-corrected chi connectivity index (χ3v) is 4.21. The highest BCUT2D eigenvalue weighted by Crippen LogP contribution is 2.34. The number of carbonyl (C=O) groups is 2. The van der Waals surface area contributed by atoms with E-state index in [0.717, 1.165) is 6.08 Å². The first kappa shape index (κ1) is 21.9. The van der Waals surface area contributed by atoms with E-state index in [1.54, 1.807) is 42.5 Å². The summed E-state index contributed by atoms with van der Waals surface area (Å²) in [6.45, 7) is 0.179. The van der Waals surface area contributed by atoms with Crippen LogP contribution in [0.2, 0.25) is 0 Å². The molecule has 0 radical (unpaired) electrons. The van der Waals surface area contributed by atoms with E-state index >= 15 is 0 Å². The molecule has 0 unspecified atom stereocenters. The van der Waals surface area contributed by atoms with Crippen LogP contribution < -0.4 is 25.0 Å². The zero-order valence-corrected chi connectivity index (χ0v) is 16.4. The van der Waals surface area contributed by atoms with Gasteiger partial charge in [0, 0.05) is 24.3 Å². The van der Waals surface area contributed by atoms with Gasteiger partial charge in [-0.2, -0.15) is 0 Å². The topological polar surface area (TPSA) is 136 Å². The summed E-state index contributed by atoms with van der Waals surface area (Å²) in [4.78, 5) is 23.7. The smallest absolute Gasteiger partial charge is 0.412 e. The van der Waals surface area contributed by atoms with E-state index < -0.39 is 18.1 Å². The van der Waals surface area contributed by atoms with E-state index in [4.69, 9.17) is 29.3 Å². The Morgan fingerprint density at radius 2 is 1.90 bits per heavy atom. The maximum Gasteiger partial charge on any atom is 0.412 e. The number of fused-ring (bicyclic) bond motifs is 1. The molecule has 4 N–H and O–H groups in total. The van der Waals surface area contributed by atoms with Gasteiger partial charge in [-0.1, -0.05) is 18.2 Å². The number of hydrogen-bond acceptors (Lipinski definition) is 8. The van der Waals surface area contributed by atoms with Gasteiger partial charge < -0.3 is 24.1 Å². The Labute approximate surface area is 177 Å². The van der Waals surface area contributed by atoms with Gasteiger partial charge in [-0.25, -0.2) is 10.3 Å². The Bertz CT molecular complexity index is 929. The number of rotatable bonds is 9. The molecule has 2 amide bonds. The number of amides is 2. The van der Waals surface area contributed by atoms with Crippen LogP contribution in [0.4, 0.5) is 10.5 Å². The maximum atomic E-state index is 12.5. The molecule has 1 aliphatic rings. The van der Waals surface area contributed by atoms with E-state index in [2.05, 4.69) is 5.32 Å². The minimum Gasteiger partial charge on any atom is -0.491 e. The number of nitrogens with one attached hydrogen (secondary N) is 2. The van der Waals surface area contributed by atoms with Crippen molar-refractivity contribution in [2.75, 3.05) is 25.3 Å². The van der Waals surface area contributed by atoms with E-state index in [9.17, 15) is 9.59 Å². The first-order valence-electron chi connectivity index (χ1n) is 9.40. The van der Waals surface area contributed by atoms with Gasteiger partial charge in [-0.3, -0.25) is 15.3 Å². The molecule has 3 rings (SSSR count). The lowest BCUT2D eigenvalue weighted by atomic mass is 10.1. The number of benzene rings is 2. The normalized spacial score (nSPS) is 13.0. The Kier molecular flexibility index (Phi) is 7.68. The van der Waals surface area contributed by atoms with Crippen molar-refractivity contribution in [2.24, 2.45) is 0 Å². The van der Waals surface area contributed by atoms with E-state index in [-0.39, 0.29) is 26.4 Å². The summed E-state index contributed by atoms with van der Waals surface area (Å²) in [7, 11) is 0. The number of hydroxylamine groups is 1. The largest absolute Gasteiger partial charge is 0.491 e. The van der Waals surface area contributed by atoms with Gasteiger partial charge in [-0.15, -0.1) is 0 Å². The highest BCUT2D eigenvalue weighted by molar-refractivity contribution is 5.86. The number of aliphatic hydroxyl groups is 1. The van der Waals surface area contributed by atoms with Crippen molar-refractivity contribution in [3.63, 3.8) is 0 Å². The van der Waals surface area contributed by atoms with Crippen LogP contribution in [0, 0.1) is 0 Å². The predicted molar refractivity (Wildman–Crippen MR) is 108 cm³/mol. The van der Waals surface area contributed by atoms with E-state index in [0.29, 0.717) is 28.5 Å². The first-order valence-corrected chi connectivity index (χ1v) is 9.40. The summed E-state index contributed by atoms with van der Waals surface area (Å²) < 4.78 is 21.4. The second-order valence-electron chi connectivity index (χ2n) is 6.34. The van der Waals surface area contributed by atoms with Gasteiger partial charge in [0.1, 0.15) is 18.5 Å². The van der Waals surface area contributed by atoms with Crippen molar-refractivity contribution in [2.45, 2.75) is 12.5 Å². The monoisotopic (exact) mass is 430 g/mol. The number of carbonyl (C=O) groups excluding carboxylic acids is 2. The van der Waals surface area contributed by atoms with Gasteiger partial charge >= 0.3 is 6.09 Å². The lowest BCUT2D eigenvalue weighted by Crippen LogP contribution is -2.18. The van der Waals surface area contributed by atoms with Crippen LogP contribution in [0.1, 0.15) is 18.1 Å². The first-order chi connectivity index (χ1) is 15.1. The summed E-state index contributed by atoms with van der Waals surface area (Å²) in [6, 6.07) is 11.7. The van der Waals surface area contributed by atoms with Gasteiger partial charge in [0.05, 0.1) is 6.61 Å². The molecular weight excluding hydrogens is 408 g/mol. The fourth-order valence-electron chi connectivity index (χ4n) is 2.78. The van der Waals surface area contributed by atoms with Gasteiger partial charge in [-0.05, 0) is 29.8 Å². The standard InChI is InChI=1S/C21H22N2O8/c24-10-11-28-16-7-4-14(5-8-16)17(2-1-3-20(25)23-27)31-21(26)22-15-6-9-18-19(12-15)30-13-29-18/h1,3-9,12,17,24,27H,2,10-11,13H2,(H,22,26)(H,23,25)/b3-1+/t17-/m1/s1. The van der Waals surface area contributed by atoms with Crippen molar-refractivity contribution in [3.8, 4) is 17.2 Å². The van der Waals surface area contributed by atoms with Crippen LogP contribution in [-0.4, -0.2) is 42.3 Å². The highest BCUT2D eigenvalue weighted by Gasteiger charge is 2.18. The molecule has 164 valence electrons. The number of ether oxygens (including phenoxy) is 4. The van der Waals surface area contributed by atoms with Crippen LogP contribution >= 0.6 is 0 Å². The molecule has 1 atom stereocenters. The fraction of sp³-hybridized carbons (Fsp3) is 0.238. The molecule has 2 aromatic rings. The van der Waals surface area contributed by atoms with Crippen LogP contribution in [0.3, 0.4) is 0 Å². The Morgan fingerprint density at radius 3 is 2.65 bits per heavy atom. The van der Waals surface area contributed by atoms with Crippen LogP contribution in [0.5, 0.6) is 17.2 Å². The molecule has 0 aromatic heterocycles. The summed E-state index contributed by atoms with van der Waals surface area (Å²) in [5.74, 6) is 0.964. The van der Waals surface area contributed by atoms with Crippen LogP contribution in [0.25, 0.3) is 0 Å². The lowest BCUT2D eigenvalue weighted by molar-refractivity contribution is -0.124. The highest BCUT2D eigenvalue weighted by atomic mass is 16.7. The number of anilines is 1. The van der Waals surface area contributed by atoms with Crippen molar-refractivity contribution >= 4 is 17.7 Å². The zero-order valence-electron chi connectivity index (χ0n) is 16.4. The van der Waals surface area contributed by atoms with Crippen molar-refractivity contribution in [1.29, 1.82) is 0 Å². The Hall–Kier alpha value is -3.76. The second-order valence-corrected chi connectivity index (χ2v) is 6.34. The molecule has 0 bridgehead atoms. The molecule has 0 fully saturated rings. The maximum absolute atomic E-state index is 12.5. The van der Waals surface area contributed by atoms with E-state index in [1.807, 2.05) is 0 Å². The lowest BCUT2D eigenvalue weighted by Gasteiger charge is -2.18. The van der Waals surface area contributed by atoms with Crippen molar-refractivity contribution in [1.82, 2.24) is 5.48 Å². The van der Waals surface area contributed by atoms with Crippen molar-refractivity contribution < 1.29 is 38.9 Å². The average Bonchev–Trinajstić information content (AvgIpc) is 3.25. The Morgan fingerprint density at radius 1 is 1.13 bits per heavy atom. The van der Waals surface area contributed by atoms with Gasteiger partial charge in [0.25, 0.3) is 5.91 Å². The second kappa shape index (κ2) is 10.9. The molecule has 2 aromatic carbocycles. The number of aliphatic hydroxyl groups excluding tert-OH is 1.